The zero-order valence-corrected chi connectivity index (χ0v) is 18.2. The number of aromatic nitrogens is 5. The minimum absolute atomic E-state index is 0.469. The molecule has 0 aliphatic heterocycles. The molecule has 4 aromatic rings. The highest BCUT2D eigenvalue weighted by Gasteiger charge is 2.14. The Morgan fingerprint density at radius 1 is 1.13 bits per heavy atom. The fourth-order valence-electron chi connectivity index (χ4n) is 2.80. The van der Waals surface area contributed by atoms with Crippen LogP contribution in [0.15, 0.2) is 72.0 Å². The Labute approximate surface area is 183 Å². The van der Waals surface area contributed by atoms with Crippen molar-refractivity contribution in [3.63, 3.8) is 0 Å². The number of allylic oxidation sites excluding steroid dienone is 1. The molecule has 0 N–H and O–H groups in total. The summed E-state index contributed by atoms with van der Waals surface area (Å²) in [5, 5.41) is 12.6. The largest absolute Gasteiger partial charge is 0.486 e. The van der Waals surface area contributed by atoms with Crippen molar-refractivity contribution in [1.29, 1.82) is 0 Å². The fraction of sp³-hybridized carbons (Fsp3) is 0.182. The van der Waals surface area contributed by atoms with E-state index < -0.39 is 0 Å². The molecular formula is C22H21N5OS2. The predicted octanol–water partition coefficient (Wildman–Crippen LogP) is 5.16. The van der Waals surface area contributed by atoms with E-state index in [4.69, 9.17) is 4.74 Å². The first-order valence-corrected chi connectivity index (χ1v) is 11.3. The van der Waals surface area contributed by atoms with Crippen LogP contribution in [0.25, 0.3) is 11.4 Å². The molecule has 6 nitrogen and oxygen atoms in total. The van der Waals surface area contributed by atoms with Crippen LogP contribution in [0.2, 0.25) is 0 Å². The molecule has 0 aliphatic carbocycles. The minimum atomic E-state index is 0.469. The molecular weight excluding hydrogens is 414 g/mol. The summed E-state index contributed by atoms with van der Waals surface area (Å²) >= 11 is 3.22. The second kappa shape index (κ2) is 9.69. The Morgan fingerprint density at radius 3 is 2.70 bits per heavy atom. The van der Waals surface area contributed by atoms with Crippen LogP contribution < -0.4 is 4.74 Å². The Morgan fingerprint density at radius 2 is 1.93 bits per heavy atom. The number of thiazole rings is 1. The van der Waals surface area contributed by atoms with Gasteiger partial charge in [0.1, 0.15) is 17.4 Å². The Hall–Kier alpha value is -2.97. The standard InChI is InChI=1S/C22H21N5OS2/c1-3-12-27-21(17-8-10-23-11-9-17)25-26-22(27)30-15-18-14-29-20(24-18)13-28-19-6-4-16(2)5-7-19/h3-11,14H,1,12-13,15H2,2H3. The van der Waals surface area contributed by atoms with Gasteiger partial charge in [0.05, 0.1) is 5.69 Å². The SMILES string of the molecule is C=CCn1c(SCc2csc(COc3ccc(C)cc3)n2)nnc1-c1ccncc1. The van der Waals surface area contributed by atoms with E-state index in [-0.39, 0.29) is 0 Å². The fourth-order valence-corrected chi connectivity index (χ4v) is 4.45. The van der Waals surface area contributed by atoms with Crippen LogP contribution >= 0.6 is 23.1 Å². The number of hydrogen-bond acceptors (Lipinski definition) is 7. The van der Waals surface area contributed by atoms with Crippen molar-refractivity contribution in [3.05, 3.63) is 83.1 Å². The lowest BCUT2D eigenvalue weighted by atomic mass is 10.2. The lowest BCUT2D eigenvalue weighted by molar-refractivity contribution is 0.305. The third-order valence-corrected chi connectivity index (χ3v) is 6.17. The number of thioether (sulfide) groups is 1. The summed E-state index contributed by atoms with van der Waals surface area (Å²) < 4.78 is 7.88. The van der Waals surface area contributed by atoms with Gasteiger partial charge in [-0.2, -0.15) is 0 Å². The molecule has 3 aromatic heterocycles. The maximum Gasteiger partial charge on any atom is 0.192 e. The molecule has 0 unspecified atom stereocenters. The quantitative estimate of drug-likeness (QED) is 0.267. The second-order valence-corrected chi connectivity index (χ2v) is 8.45. The second-order valence-electron chi connectivity index (χ2n) is 6.56. The van der Waals surface area contributed by atoms with Gasteiger partial charge in [0.25, 0.3) is 0 Å². The highest BCUT2D eigenvalue weighted by Crippen LogP contribution is 2.27. The number of aryl methyl sites for hydroxylation is 1. The zero-order valence-electron chi connectivity index (χ0n) is 16.6. The molecule has 152 valence electrons. The summed E-state index contributed by atoms with van der Waals surface area (Å²) in [5.41, 5.74) is 3.20. The summed E-state index contributed by atoms with van der Waals surface area (Å²) in [6.45, 7) is 7.03. The van der Waals surface area contributed by atoms with Gasteiger partial charge in [-0.15, -0.1) is 28.1 Å². The molecule has 0 saturated heterocycles. The Bertz CT molecular complexity index is 1110. The minimum Gasteiger partial charge on any atom is -0.486 e. The molecule has 0 radical (unpaired) electrons. The molecule has 0 fully saturated rings. The highest BCUT2D eigenvalue weighted by atomic mass is 32.2. The predicted molar refractivity (Wildman–Crippen MR) is 121 cm³/mol. The molecule has 0 amide bonds. The normalized spacial score (nSPS) is 10.8. The van der Waals surface area contributed by atoms with Crippen LogP contribution in [0.4, 0.5) is 0 Å². The van der Waals surface area contributed by atoms with Crippen LogP contribution in [-0.2, 0) is 18.9 Å². The van der Waals surface area contributed by atoms with Crippen molar-refractivity contribution < 1.29 is 4.74 Å². The smallest absolute Gasteiger partial charge is 0.192 e. The monoisotopic (exact) mass is 435 g/mol. The van der Waals surface area contributed by atoms with E-state index in [1.54, 1.807) is 35.5 Å². The molecule has 0 spiro atoms. The first-order valence-electron chi connectivity index (χ1n) is 9.43. The Kier molecular flexibility index (Phi) is 6.56. The van der Waals surface area contributed by atoms with E-state index in [2.05, 4.69) is 43.6 Å². The highest BCUT2D eigenvalue weighted by molar-refractivity contribution is 7.98. The molecule has 4 rings (SSSR count). The van der Waals surface area contributed by atoms with Crippen molar-refractivity contribution >= 4 is 23.1 Å². The van der Waals surface area contributed by atoms with Gasteiger partial charge >= 0.3 is 0 Å². The van der Waals surface area contributed by atoms with Crippen LogP contribution in [0, 0.1) is 6.92 Å². The summed E-state index contributed by atoms with van der Waals surface area (Å²) in [5.74, 6) is 2.38. The van der Waals surface area contributed by atoms with E-state index in [1.165, 1.54) is 5.56 Å². The molecule has 30 heavy (non-hydrogen) atoms. The number of ether oxygens (including phenoxy) is 1. The van der Waals surface area contributed by atoms with Gasteiger partial charge in [-0.1, -0.05) is 35.5 Å². The maximum atomic E-state index is 5.83. The van der Waals surface area contributed by atoms with Gasteiger partial charge in [0.2, 0.25) is 0 Å². The van der Waals surface area contributed by atoms with Gasteiger partial charge < -0.3 is 4.74 Å². The Balaban J connectivity index is 1.39. The zero-order chi connectivity index (χ0) is 20.8. The van der Waals surface area contributed by atoms with Crippen molar-refractivity contribution in [2.24, 2.45) is 0 Å². The van der Waals surface area contributed by atoms with Crippen LogP contribution in [0.1, 0.15) is 16.3 Å². The average molecular weight is 436 g/mol. The summed E-state index contributed by atoms with van der Waals surface area (Å²) in [6, 6.07) is 11.9. The van der Waals surface area contributed by atoms with Crippen molar-refractivity contribution in [3.8, 4) is 17.1 Å². The molecule has 3 heterocycles. The molecule has 0 saturated carbocycles. The van der Waals surface area contributed by atoms with Gasteiger partial charge in [0, 0.05) is 35.6 Å². The number of benzene rings is 1. The van der Waals surface area contributed by atoms with E-state index in [9.17, 15) is 0 Å². The van der Waals surface area contributed by atoms with Gasteiger partial charge in [0.15, 0.2) is 11.0 Å². The van der Waals surface area contributed by atoms with Crippen LogP contribution in [0.5, 0.6) is 5.75 Å². The molecule has 8 heteroatoms. The third kappa shape index (κ3) is 4.95. The molecule has 1 aromatic carbocycles. The van der Waals surface area contributed by atoms with Crippen LogP contribution in [0.3, 0.4) is 0 Å². The van der Waals surface area contributed by atoms with Crippen molar-refractivity contribution in [1.82, 2.24) is 24.7 Å². The lowest BCUT2D eigenvalue weighted by Gasteiger charge is -2.07. The molecule has 0 atom stereocenters. The van der Waals surface area contributed by atoms with E-state index >= 15 is 0 Å². The number of rotatable bonds is 9. The third-order valence-electron chi connectivity index (χ3n) is 4.30. The topological polar surface area (TPSA) is 65.7 Å². The van der Waals surface area contributed by atoms with Crippen molar-refractivity contribution in [2.45, 2.75) is 31.0 Å². The summed E-state index contributed by atoms with van der Waals surface area (Å²) in [4.78, 5) is 8.76. The first-order chi connectivity index (χ1) is 14.7. The maximum absolute atomic E-state index is 5.83. The number of pyridine rings is 1. The first kappa shape index (κ1) is 20.3. The summed E-state index contributed by atoms with van der Waals surface area (Å²) in [6.07, 6.45) is 5.36. The van der Waals surface area contributed by atoms with Gasteiger partial charge in [-0.05, 0) is 31.2 Å². The number of nitrogens with zero attached hydrogens (tertiary/aromatic N) is 5. The average Bonchev–Trinajstić information content (AvgIpc) is 3.40. The summed E-state index contributed by atoms with van der Waals surface area (Å²) in [7, 11) is 0. The van der Waals surface area contributed by atoms with E-state index in [0.29, 0.717) is 18.9 Å². The van der Waals surface area contributed by atoms with Gasteiger partial charge in [-0.3, -0.25) is 9.55 Å². The van der Waals surface area contributed by atoms with E-state index in [1.807, 2.05) is 42.5 Å². The van der Waals surface area contributed by atoms with Gasteiger partial charge in [-0.25, -0.2) is 4.98 Å². The molecule has 0 aliphatic rings. The number of hydrogen-bond donors (Lipinski definition) is 0. The van der Waals surface area contributed by atoms with Crippen molar-refractivity contribution in [2.75, 3.05) is 0 Å². The molecule has 0 bridgehead atoms. The lowest BCUT2D eigenvalue weighted by Crippen LogP contribution is -2.01. The van der Waals surface area contributed by atoms with E-state index in [0.717, 1.165) is 33.0 Å². The van der Waals surface area contributed by atoms with Crippen LogP contribution in [-0.4, -0.2) is 24.7 Å².